The number of thiazole rings is 1. The highest BCUT2D eigenvalue weighted by Gasteiger charge is 2.24. The standard InChI is InChI=1S/C18H18N6O4S/c1-4-28-17(25)12-5-7-13(8-6-12)22-15-14(24(26)27)16(20-9-19-15)23-18-21-10(2)11(3)29-18/h5-9H,4H2,1-3H3,(H2,19,20,21,22,23). The number of anilines is 4. The van der Waals surface area contributed by atoms with Crippen molar-refractivity contribution in [3.05, 3.63) is 56.8 Å². The van der Waals surface area contributed by atoms with Gasteiger partial charge in [-0.1, -0.05) is 0 Å². The number of nitrogens with zero attached hydrogens (tertiary/aromatic N) is 4. The Kier molecular flexibility index (Phi) is 5.98. The monoisotopic (exact) mass is 414 g/mol. The second-order valence-corrected chi connectivity index (χ2v) is 7.09. The van der Waals surface area contributed by atoms with E-state index < -0.39 is 10.9 Å². The third-order valence-corrected chi connectivity index (χ3v) is 4.91. The van der Waals surface area contributed by atoms with Crippen molar-refractivity contribution in [3.8, 4) is 0 Å². The average molecular weight is 414 g/mol. The number of hydrogen-bond acceptors (Lipinski definition) is 10. The van der Waals surface area contributed by atoms with Crippen molar-refractivity contribution >= 4 is 45.4 Å². The van der Waals surface area contributed by atoms with Gasteiger partial charge in [-0.2, -0.15) is 0 Å². The third-order valence-electron chi connectivity index (χ3n) is 3.92. The van der Waals surface area contributed by atoms with E-state index >= 15 is 0 Å². The highest BCUT2D eigenvalue weighted by molar-refractivity contribution is 7.15. The van der Waals surface area contributed by atoms with E-state index in [1.807, 2.05) is 13.8 Å². The molecule has 0 spiro atoms. The summed E-state index contributed by atoms with van der Waals surface area (Å²) in [6.45, 7) is 5.78. The van der Waals surface area contributed by atoms with Gasteiger partial charge in [-0.25, -0.2) is 19.7 Å². The van der Waals surface area contributed by atoms with E-state index in [1.165, 1.54) is 17.7 Å². The first-order chi connectivity index (χ1) is 13.9. The van der Waals surface area contributed by atoms with E-state index in [0.29, 0.717) is 16.4 Å². The van der Waals surface area contributed by atoms with Crippen molar-refractivity contribution in [3.63, 3.8) is 0 Å². The van der Waals surface area contributed by atoms with Gasteiger partial charge in [0.1, 0.15) is 6.33 Å². The fourth-order valence-corrected chi connectivity index (χ4v) is 3.22. The number of carbonyl (C=O) groups is 1. The number of aromatic nitrogens is 3. The average Bonchev–Trinajstić information content (AvgIpc) is 2.99. The minimum atomic E-state index is -0.565. The lowest BCUT2D eigenvalue weighted by Crippen LogP contribution is -2.06. The van der Waals surface area contributed by atoms with Crippen molar-refractivity contribution in [1.29, 1.82) is 0 Å². The summed E-state index contributed by atoms with van der Waals surface area (Å²) in [7, 11) is 0. The van der Waals surface area contributed by atoms with Gasteiger partial charge in [-0.15, -0.1) is 11.3 Å². The van der Waals surface area contributed by atoms with Crippen LogP contribution in [0.25, 0.3) is 0 Å². The maximum atomic E-state index is 11.7. The van der Waals surface area contributed by atoms with E-state index in [0.717, 1.165) is 10.6 Å². The van der Waals surface area contributed by atoms with Crippen molar-refractivity contribution in [1.82, 2.24) is 15.0 Å². The molecule has 0 bridgehead atoms. The summed E-state index contributed by atoms with van der Waals surface area (Å²) in [6, 6.07) is 6.35. The van der Waals surface area contributed by atoms with Gasteiger partial charge in [0.2, 0.25) is 11.6 Å². The Morgan fingerprint density at radius 3 is 2.38 bits per heavy atom. The second kappa shape index (κ2) is 8.61. The lowest BCUT2D eigenvalue weighted by atomic mass is 10.2. The summed E-state index contributed by atoms with van der Waals surface area (Å²) >= 11 is 1.38. The molecular formula is C18H18N6O4S. The molecule has 0 aliphatic heterocycles. The van der Waals surface area contributed by atoms with Gasteiger partial charge in [0.05, 0.1) is 22.8 Å². The van der Waals surface area contributed by atoms with Gasteiger partial charge in [0.15, 0.2) is 5.13 Å². The van der Waals surface area contributed by atoms with Gasteiger partial charge in [0.25, 0.3) is 0 Å². The molecule has 2 heterocycles. The van der Waals surface area contributed by atoms with Crippen LogP contribution in [0.4, 0.5) is 28.1 Å². The zero-order valence-electron chi connectivity index (χ0n) is 15.9. The van der Waals surface area contributed by atoms with Crippen molar-refractivity contribution in [2.45, 2.75) is 20.8 Å². The second-order valence-electron chi connectivity index (χ2n) is 5.89. The largest absolute Gasteiger partial charge is 0.462 e. The summed E-state index contributed by atoms with van der Waals surface area (Å²) in [4.78, 5) is 36.2. The smallest absolute Gasteiger partial charge is 0.353 e. The molecule has 0 atom stereocenters. The number of nitro groups is 1. The van der Waals surface area contributed by atoms with Gasteiger partial charge < -0.3 is 15.4 Å². The maximum Gasteiger partial charge on any atom is 0.353 e. The van der Waals surface area contributed by atoms with E-state index in [2.05, 4.69) is 25.6 Å². The number of nitrogens with one attached hydrogen (secondary N) is 2. The third kappa shape index (κ3) is 4.63. The normalized spacial score (nSPS) is 10.4. The Balaban J connectivity index is 1.87. The zero-order chi connectivity index (χ0) is 21.0. The lowest BCUT2D eigenvalue weighted by Gasteiger charge is -2.09. The SMILES string of the molecule is CCOC(=O)c1ccc(Nc2ncnc(Nc3nc(C)c(C)s3)c2[N+](=O)[O-])cc1. The minimum absolute atomic E-state index is 0.0152. The van der Waals surface area contributed by atoms with Crippen LogP contribution in [0.15, 0.2) is 30.6 Å². The van der Waals surface area contributed by atoms with Gasteiger partial charge in [-0.3, -0.25) is 10.1 Å². The van der Waals surface area contributed by atoms with Crippen molar-refractivity contribution in [2.24, 2.45) is 0 Å². The minimum Gasteiger partial charge on any atom is -0.462 e. The molecule has 1 aromatic carbocycles. The first-order valence-corrected chi connectivity index (χ1v) is 9.45. The number of rotatable bonds is 7. The number of carbonyl (C=O) groups excluding carboxylic acids is 1. The van der Waals surface area contributed by atoms with Gasteiger partial charge >= 0.3 is 11.7 Å². The predicted octanol–water partition coefficient (Wildman–Crippen LogP) is 4.12. The number of esters is 1. The Morgan fingerprint density at radius 2 is 1.83 bits per heavy atom. The van der Waals surface area contributed by atoms with E-state index in [-0.39, 0.29) is 23.9 Å². The fraction of sp³-hybridized carbons (Fsp3) is 0.222. The van der Waals surface area contributed by atoms with E-state index in [1.54, 1.807) is 31.2 Å². The molecule has 0 aliphatic rings. The Bertz CT molecular complexity index is 1030. The molecule has 3 aromatic rings. The molecular weight excluding hydrogens is 396 g/mol. The van der Waals surface area contributed by atoms with Gasteiger partial charge in [-0.05, 0) is 45.0 Å². The predicted molar refractivity (Wildman–Crippen MR) is 109 cm³/mol. The molecule has 10 nitrogen and oxygen atoms in total. The van der Waals surface area contributed by atoms with Crippen molar-refractivity contribution < 1.29 is 14.5 Å². The molecule has 2 N–H and O–H groups in total. The van der Waals surface area contributed by atoms with E-state index in [9.17, 15) is 14.9 Å². The fourth-order valence-electron chi connectivity index (χ4n) is 2.40. The molecule has 11 heteroatoms. The Morgan fingerprint density at radius 1 is 1.17 bits per heavy atom. The summed E-state index contributed by atoms with van der Waals surface area (Å²) in [6.07, 6.45) is 1.22. The van der Waals surface area contributed by atoms with Crippen LogP contribution in [0.5, 0.6) is 0 Å². The van der Waals surface area contributed by atoms with Gasteiger partial charge in [0, 0.05) is 10.6 Å². The number of ether oxygens (including phenoxy) is 1. The molecule has 0 unspecified atom stereocenters. The number of benzene rings is 1. The highest BCUT2D eigenvalue weighted by atomic mass is 32.1. The van der Waals surface area contributed by atoms with Crippen molar-refractivity contribution in [2.75, 3.05) is 17.2 Å². The summed E-state index contributed by atoms with van der Waals surface area (Å²) < 4.78 is 4.94. The molecule has 150 valence electrons. The van der Waals surface area contributed by atoms with Crippen LogP contribution in [0.3, 0.4) is 0 Å². The first-order valence-electron chi connectivity index (χ1n) is 8.63. The Labute approximate surface area is 170 Å². The Hall–Kier alpha value is -3.60. The quantitative estimate of drug-likeness (QED) is 0.333. The van der Waals surface area contributed by atoms with Crippen LogP contribution in [0, 0.1) is 24.0 Å². The molecule has 3 rings (SSSR count). The van der Waals surface area contributed by atoms with Crippen LogP contribution in [-0.4, -0.2) is 32.5 Å². The first kappa shape index (κ1) is 20.1. The summed E-state index contributed by atoms with van der Waals surface area (Å²) in [5.74, 6) is -0.390. The highest BCUT2D eigenvalue weighted by Crippen LogP contribution is 2.34. The molecule has 0 saturated carbocycles. The maximum absolute atomic E-state index is 11.7. The van der Waals surface area contributed by atoms with Crippen LogP contribution >= 0.6 is 11.3 Å². The van der Waals surface area contributed by atoms with Crippen LogP contribution in [0.2, 0.25) is 0 Å². The molecule has 0 aliphatic carbocycles. The number of aryl methyl sites for hydroxylation is 2. The zero-order valence-corrected chi connectivity index (χ0v) is 16.7. The molecule has 0 radical (unpaired) electrons. The summed E-state index contributed by atoms with van der Waals surface area (Å²) in [5, 5.41) is 18.0. The molecule has 29 heavy (non-hydrogen) atoms. The number of hydrogen-bond donors (Lipinski definition) is 2. The van der Waals surface area contributed by atoms with Crippen LogP contribution < -0.4 is 10.6 Å². The van der Waals surface area contributed by atoms with E-state index in [4.69, 9.17) is 4.74 Å². The summed E-state index contributed by atoms with van der Waals surface area (Å²) in [5.41, 5.74) is 1.43. The molecule has 2 aromatic heterocycles. The van der Waals surface area contributed by atoms with Crippen LogP contribution in [-0.2, 0) is 4.74 Å². The molecule has 0 fully saturated rings. The molecule has 0 saturated heterocycles. The molecule has 0 amide bonds. The lowest BCUT2D eigenvalue weighted by molar-refractivity contribution is -0.383. The topological polar surface area (TPSA) is 132 Å². The van der Waals surface area contributed by atoms with Crippen LogP contribution in [0.1, 0.15) is 27.9 Å².